The van der Waals surface area contributed by atoms with Gasteiger partial charge in [0.1, 0.15) is 6.04 Å². The van der Waals surface area contributed by atoms with Gasteiger partial charge in [0.2, 0.25) is 0 Å². The summed E-state index contributed by atoms with van der Waals surface area (Å²) in [6.07, 6.45) is 1.47. The average Bonchev–Trinajstić information content (AvgIpc) is 3.05. The van der Waals surface area contributed by atoms with Crippen LogP contribution in [-0.4, -0.2) is 28.9 Å². The molecule has 0 aliphatic rings. The van der Waals surface area contributed by atoms with Crippen molar-refractivity contribution in [3.8, 4) is 0 Å². The molecule has 1 heterocycles. The van der Waals surface area contributed by atoms with Gasteiger partial charge in [-0.1, -0.05) is 13.8 Å². The fourth-order valence-electron chi connectivity index (χ4n) is 2.19. The van der Waals surface area contributed by atoms with Crippen LogP contribution in [-0.2, 0) is 4.79 Å². The average molecular weight is 344 g/mol. The fourth-order valence-corrected chi connectivity index (χ4v) is 2.19. The Morgan fingerprint density at radius 2 is 1.64 bits per heavy atom. The number of carbonyl (C=O) groups excluding carboxylic acids is 2. The fraction of sp³-hybridized carbons (Fsp3) is 0.278. The highest BCUT2D eigenvalue weighted by molar-refractivity contribution is 6.03. The van der Waals surface area contributed by atoms with Gasteiger partial charge in [-0.15, -0.1) is 0 Å². The second kappa shape index (κ2) is 7.65. The van der Waals surface area contributed by atoms with Crippen molar-refractivity contribution >= 4 is 23.5 Å². The van der Waals surface area contributed by atoms with Gasteiger partial charge in [-0.2, -0.15) is 0 Å². The van der Waals surface area contributed by atoms with Gasteiger partial charge in [0.05, 0.1) is 6.26 Å². The predicted octanol–water partition coefficient (Wildman–Crippen LogP) is 2.86. The van der Waals surface area contributed by atoms with Gasteiger partial charge in [0.15, 0.2) is 5.76 Å². The van der Waals surface area contributed by atoms with Crippen LogP contribution in [0, 0.1) is 0 Å². The van der Waals surface area contributed by atoms with E-state index in [4.69, 9.17) is 9.52 Å². The van der Waals surface area contributed by atoms with Crippen molar-refractivity contribution in [1.82, 2.24) is 5.32 Å². The van der Waals surface area contributed by atoms with E-state index in [2.05, 4.69) is 10.6 Å². The monoisotopic (exact) mass is 344 g/mol. The topological polar surface area (TPSA) is 109 Å². The van der Waals surface area contributed by atoms with E-state index in [0.29, 0.717) is 11.3 Å². The Morgan fingerprint density at radius 1 is 1.00 bits per heavy atom. The molecule has 2 amide bonds. The lowest BCUT2D eigenvalue weighted by Gasteiger charge is -2.10. The van der Waals surface area contributed by atoms with Gasteiger partial charge < -0.3 is 20.2 Å². The highest BCUT2D eigenvalue weighted by atomic mass is 16.4. The number of carboxylic acids is 1. The summed E-state index contributed by atoms with van der Waals surface area (Å²) >= 11 is 0. The van der Waals surface area contributed by atoms with Gasteiger partial charge in [-0.05, 0) is 43.2 Å². The van der Waals surface area contributed by atoms with Gasteiger partial charge in [-0.3, -0.25) is 14.4 Å². The molecule has 0 radical (unpaired) electrons. The summed E-state index contributed by atoms with van der Waals surface area (Å²) in [5, 5.41) is 13.9. The van der Waals surface area contributed by atoms with E-state index in [0.717, 1.165) is 5.56 Å². The molecule has 0 saturated heterocycles. The number of furan rings is 1. The standard InChI is InChI=1S/C18H20N2O5/c1-10(2)14-8-9-25-15(14)17(22)20-13-6-4-12(5-7-13)16(21)19-11(3)18(23)24/h4-11H,1-3H3,(H,19,21)(H,20,22)(H,23,24). The summed E-state index contributed by atoms with van der Waals surface area (Å²) in [5.74, 6) is -1.57. The second-order valence-corrected chi connectivity index (χ2v) is 5.92. The molecule has 1 atom stereocenters. The van der Waals surface area contributed by atoms with Crippen LogP contribution >= 0.6 is 0 Å². The molecule has 0 saturated carbocycles. The number of amides is 2. The molecule has 1 unspecified atom stereocenters. The van der Waals surface area contributed by atoms with E-state index in [1.54, 1.807) is 18.2 Å². The van der Waals surface area contributed by atoms with Crippen LogP contribution < -0.4 is 10.6 Å². The SMILES string of the molecule is CC(NC(=O)c1ccc(NC(=O)c2occc2C(C)C)cc1)C(=O)O. The molecular formula is C18H20N2O5. The van der Waals surface area contributed by atoms with E-state index in [1.165, 1.54) is 25.3 Å². The third-order valence-corrected chi connectivity index (χ3v) is 3.65. The van der Waals surface area contributed by atoms with Gasteiger partial charge in [0, 0.05) is 16.8 Å². The Balaban J connectivity index is 2.05. The molecule has 3 N–H and O–H groups in total. The molecule has 0 aliphatic heterocycles. The Hall–Kier alpha value is -3.09. The first-order valence-electron chi connectivity index (χ1n) is 7.82. The molecule has 132 valence electrons. The first-order chi connectivity index (χ1) is 11.8. The first kappa shape index (κ1) is 18.3. The summed E-state index contributed by atoms with van der Waals surface area (Å²) in [5.41, 5.74) is 1.61. The maximum atomic E-state index is 12.3. The normalized spacial score (nSPS) is 11.8. The van der Waals surface area contributed by atoms with Gasteiger partial charge in [-0.25, -0.2) is 0 Å². The van der Waals surface area contributed by atoms with E-state index >= 15 is 0 Å². The number of hydrogen-bond donors (Lipinski definition) is 3. The van der Waals surface area contributed by atoms with Crippen molar-refractivity contribution in [3.05, 3.63) is 53.5 Å². The Labute approximate surface area is 145 Å². The molecule has 0 bridgehead atoms. The number of anilines is 1. The molecule has 25 heavy (non-hydrogen) atoms. The minimum absolute atomic E-state index is 0.154. The second-order valence-electron chi connectivity index (χ2n) is 5.92. The molecule has 2 aromatic rings. The van der Waals surface area contributed by atoms with E-state index < -0.39 is 17.9 Å². The quantitative estimate of drug-likeness (QED) is 0.746. The summed E-state index contributed by atoms with van der Waals surface area (Å²) in [4.78, 5) is 35.0. The lowest BCUT2D eigenvalue weighted by Crippen LogP contribution is -2.38. The van der Waals surface area contributed by atoms with Crippen LogP contribution in [0.4, 0.5) is 5.69 Å². The van der Waals surface area contributed by atoms with Gasteiger partial charge >= 0.3 is 5.97 Å². The zero-order valence-corrected chi connectivity index (χ0v) is 14.2. The molecule has 0 fully saturated rings. The summed E-state index contributed by atoms with van der Waals surface area (Å²) < 4.78 is 5.26. The molecule has 7 heteroatoms. The van der Waals surface area contributed by atoms with Crippen LogP contribution in [0.25, 0.3) is 0 Å². The van der Waals surface area contributed by atoms with Crippen molar-refractivity contribution < 1.29 is 23.9 Å². The minimum atomic E-state index is -1.11. The Kier molecular flexibility index (Phi) is 5.59. The van der Waals surface area contributed by atoms with Crippen molar-refractivity contribution in [3.63, 3.8) is 0 Å². The lowest BCUT2D eigenvalue weighted by atomic mass is 10.0. The zero-order valence-electron chi connectivity index (χ0n) is 14.2. The van der Waals surface area contributed by atoms with Crippen molar-refractivity contribution in [1.29, 1.82) is 0 Å². The summed E-state index contributed by atoms with van der Waals surface area (Å²) in [6.45, 7) is 5.31. The molecule has 1 aromatic carbocycles. The number of carbonyl (C=O) groups is 3. The van der Waals surface area contributed by atoms with E-state index in [-0.39, 0.29) is 17.6 Å². The van der Waals surface area contributed by atoms with Crippen molar-refractivity contribution in [2.45, 2.75) is 32.7 Å². The van der Waals surface area contributed by atoms with Crippen molar-refractivity contribution in [2.75, 3.05) is 5.32 Å². The van der Waals surface area contributed by atoms with Crippen LogP contribution in [0.15, 0.2) is 41.0 Å². The van der Waals surface area contributed by atoms with Crippen LogP contribution in [0.2, 0.25) is 0 Å². The minimum Gasteiger partial charge on any atom is -0.480 e. The number of carboxylic acid groups (broad SMARTS) is 1. The van der Waals surface area contributed by atoms with Crippen molar-refractivity contribution in [2.24, 2.45) is 0 Å². The summed E-state index contributed by atoms with van der Waals surface area (Å²) in [6, 6.07) is 6.92. The predicted molar refractivity (Wildman–Crippen MR) is 91.8 cm³/mol. The Morgan fingerprint density at radius 3 is 2.20 bits per heavy atom. The molecule has 1 aromatic heterocycles. The molecule has 0 aliphatic carbocycles. The number of benzene rings is 1. The third kappa shape index (κ3) is 4.47. The molecular weight excluding hydrogens is 324 g/mol. The highest BCUT2D eigenvalue weighted by Gasteiger charge is 2.18. The van der Waals surface area contributed by atoms with Crippen LogP contribution in [0.3, 0.4) is 0 Å². The maximum absolute atomic E-state index is 12.3. The third-order valence-electron chi connectivity index (χ3n) is 3.65. The molecule has 7 nitrogen and oxygen atoms in total. The number of nitrogens with one attached hydrogen (secondary N) is 2. The van der Waals surface area contributed by atoms with Crippen LogP contribution in [0.5, 0.6) is 0 Å². The van der Waals surface area contributed by atoms with Gasteiger partial charge in [0.25, 0.3) is 11.8 Å². The highest BCUT2D eigenvalue weighted by Crippen LogP contribution is 2.21. The number of aliphatic carboxylic acids is 1. The smallest absolute Gasteiger partial charge is 0.325 e. The Bertz CT molecular complexity index is 777. The summed E-state index contributed by atoms with van der Waals surface area (Å²) in [7, 11) is 0. The van der Waals surface area contributed by atoms with E-state index in [1.807, 2.05) is 13.8 Å². The number of rotatable bonds is 6. The largest absolute Gasteiger partial charge is 0.480 e. The zero-order chi connectivity index (χ0) is 18.6. The molecule has 2 rings (SSSR count). The molecule has 0 spiro atoms. The van der Waals surface area contributed by atoms with E-state index in [9.17, 15) is 14.4 Å². The first-order valence-corrected chi connectivity index (χ1v) is 7.82. The maximum Gasteiger partial charge on any atom is 0.325 e. The number of hydrogen-bond acceptors (Lipinski definition) is 4. The lowest BCUT2D eigenvalue weighted by molar-refractivity contribution is -0.138. The van der Waals surface area contributed by atoms with Crippen LogP contribution in [0.1, 0.15) is 53.2 Å².